The predicted molar refractivity (Wildman–Crippen MR) is 120 cm³/mol. The van der Waals surface area contributed by atoms with Crippen LogP contribution in [0.3, 0.4) is 0 Å². The number of aliphatic hydroxyl groups is 1. The van der Waals surface area contributed by atoms with Crippen molar-refractivity contribution in [3.05, 3.63) is 89.7 Å². The number of amides is 1. The van der Waals surface area contributed by atoms with E-state index in [2.05, 4.69) is 0 Å². The maximum atomic E-state index is 13.1. The van der Waals surface area contributed by atoms with Crippen molar-refractivity contribution in [3.8, 4) is 11.5 Å². The number of aliphatic hydroxyl groups excluding tert-OH is 1. The van der Waals surface area contributed by atoms with E-state index in [4.69, 9.17) is 0 Å². The minimum absolute atomic E-state index is 0.0299. The quantitative estimate of drug-likeness (QED) is 0.474. The molecule has 3 atom stereocenters. The molecule has 32 heavy (non-hydrogen) atoms. The molecular weight excluding hydrogens is 409 g/mol. The summed E-state index contributed by atoms with van der Waals surface area (Å²) in [6.07, 6.45) is 1.42. The molecular formula is C26H26FNO4. The van der Waals surface area contributed by atoms with Gasteiger partial charge in [-0.05, 0) is 60.7 Å². The van der Waals surface area contributed by atoms with Crippen LogP contribution in [0.25, 0.3) is 0 Å². The second-order valence-corrected chi connectivity index (χ2v) is 8.25. The summed E-state index contributed by atoms with van der Waals surface area (Å²) in [5, 5.41) is 30.7. The van der Waals surface area contributed by atoms with Gasteiger partial charge < -0.3 is 20.2 Å². The molecule has 0 saturated carbocycles. The number of phenolic OH excluding ortho intramolecular Hbond substituents is 2. The number of rotatable bonds is 7. The van der Waals surface area contributed by atoms with Gasteiger partial charge in [0.1, 0.15) is 17.3 Å². The van der Waals surface area contributed by atoms with E-state index in [1.165, 1.54) is 24.3 Å². The number of anilines is 1. The molecule has 166 valence electrons. The fraction of sp³-hybridized carbons (Fsp3) is 0.269. The third-order valence-electron chi connectivity index (χ3n) is 6.10. The SMILES string of the molecule is O=C1C[C@@H](CCC[C@@H](O)c2ccc(F)cc2)[C@@H](c2ccc(O)cc2O)N1c1ccccc1. The fourth-order valence-electron chi connectivity index (χ4n) is 4.55. The van der Waals surface area contributed by atoms with Gasteiger partial charge >= 0.3 is 0 Å². The highest BCUT2D eigenvalue weighted by molar-refractivity contribution is 5.97. The van der Waals surface area contributed by atoms with Crippen LogP contribution in [0.2, 0.25) is 0 Å². The van der Waals surface area contributed by atoms with Crippen LogP contribution in [0.15, 0.2) is 72.8 Å². The van der Waals surface area contributed by atoms with E-state index in [0.29, 0.717) is 36.8 Å². The summed E-state index contributed by atoms with van der Waals surface area (Å²) in [7, 11) is 0. The molecule has 0 bridgehead atoms. The molecule has 3 N–H and O–H groups in total. The molecule has 1 fully saturated rings. The molecule has 0 spiro atoms. The summed E-state index contributed by atoms with van der Waals surface area (Å²) in [4.78, 5) is 14.7. The first-order valence-electron chi connectivity index (χ1n) is 10.8. The zero-order valence-electron chi connectivity index (χ0n) is 17.6. The van der Waals surface area contributed by atoms with Gasteiger partial charge in [-0.2, -0.15) is 0 Å². The molecule has 1 heterocycles. The van der Waals surface area contributed by atoms with Gasteiger partial charge in [0.25, 0.3) is 0 Å². The highest BCUT2D eigenvalue weighted by atomic mass is 19.1. The second-order valence-electron chi connectivity index (χ2n) is 8.25. The number of benzene rings is 3. The number of halogens is 1. The summed E-state index contributed by atoms with van der Waals surface area (Å²) in [5.41, 5.74) is 2.00. The Labute approximate surface area is 186 Å². The largest absolute Gasteiger partial charge is 0.508 e. The van der Waals surface area contributed by atoms with Gasteiger partial charge in [0.2, 0.25) is 5.91 Å². The van der Waals surface area contributed by atoms with Gasteiger partial charge in [-0.15, -0.1) is 0 Å². The van der Waals surface area contributed by atoms with Gasteiger partial charge in [0, 0.05) is 23.7 Å². The Morgan fingerprint density at radius 2 is 1.72 bits per heavy atom. The Kier molecular flexibility index (Phi) is 6.42. The zero-order valence-corrected chi connectivity index (χ0v) is 17.6. The average Bonchev–Trinajstić information content (AvgIpc) is 3.10. The number of carbonyl (C=O) groups excluding carboxylic acids is 1. The van der Waals surface area contributed by atoms with E-state index in [9.17, 15) is 24.5 Å². The minimum Gasteiger partial charge on any atom is -0.508 e. The molecule has 1 saturated heterocycles. The van der Waals surface area contributed by atoms with E-state index in [1.54, 1.807) is 23.1 Å². The summed E-state index contributed by atoms with van der Waals surface area (Å²) >= 11 is 0. The van der Waals surface area contributed by atoms with Crippen molar-refractivity contribution in [2.24, 2.45) is 5.92 Å². The second kappa shape index (κ2) is 9.40. The van der Waals surface area contributed by atoms with Gasteiger partial charge in [-0.1, -0.05) is 36.8 Å². The maximum Gasteiger partial charge on any atom is 0.227 e. The predicted octanol–water partition coefficient (Wildman–Crippen LogP) is 5.24. The van der Waals surface area contributed by atoms with Gasteiger partial charge in [0.15, 0.2) is 0 Å². The molecule has 1 aliphatic heterocycles. The first kappa shape index (κ1) is 21.8. The van der Waals surface area contributed by atoms with Crippen molar-refractivity contribution in [2.45, 2.75) is 37.8 Å². The third-order valence-corrected chi connectivity index (χ3v) is 6.10. The number of aromatic hydroxyl groups is 2. The Hall–Kier alpha value is -3.38. The molecule has 6 heteroatoms. The summed E-state index contributed by atoms with van der Waals surface area (Å²) < 4.78 is 13.1. The molecule has 3 aromatic rings. The van der Waals surface area contributed by atoms with Crippen molar-refractivity contribution in [2.75, 3.05) is 4.90 Å². The van der Waals surface area contributed by atoms with Crippen molar-refractivity contribution in [3.63, 3.8) is 0 Å². The Morgan fingerprint density at radius 1 is 1.00 bits per heavy atom. The van der Waals surface area contributed by atoms with Gasteiger partial charge in [-0.25, -0.2) is 4.39 Å². The third kappa shape index (κ3) is 4.60. The van der Waals surface area contributed by atoms with Crippen molar-refractivity contribution in [1.82, 2.24) is 0 Å². The van der Waals surface area contributed by atoms with Crippen LogP contribution in [-0.2, 0) is 4.79 Å². The van der Waals surface area contributed by atoms with Gasteiger partial charge in [0.05, 0.1) is 12.1 Å². The van der Waals surface area contributed by atoms with E-state index < -0.39 is 6.10 Å². The molecule has 4 rings (SSSR count). The molecule has 0 radical (unpaired) electrons. The molecule has 1 amide bonds. The van der Waals surface area contributed by atoms with Crippen LogP contribution >= 0.6 is 0 Å². The number of phenols is 2. The smallest absolute Gasteiger partial charge is 0.227 e. The minimum atomic E-state index is -0.710. The van der Waals surface area contributed by atoms with Crippen LogP contribution in [0.5, 0.6) is 11.5 Å². The lowest BCUT2D eigenvalue weighted by Gasteiger charge is -2.29. The van der Waals surface area contributed by atoms with Crippen LogP contribution in [-0.4, -0.2) is 21.2 Å². The number of para-hydroxylation sites is 1. The van der Waals surface area contributed by atoms with Crippen molar-refractivity contribution in [1.29, 1.82) is 0 Å². The zero-order chi connectivity index (χ0) is 22.7. The molecule has 1 aliphatic rings. The highest BCUT2D eigenvalue weighted by Gasteiger charge is 2.42. The number of carbonyl (C=O) groups is 1. The van der Waals surface area contributed by atoms with Crippen LogP contribution in [0.4, 0.5) is 10.1 Å². The summed E-state index contributed by atoms with van der Waals surface area (Å²) in [6, 6.07) is 19.2. The molecule has 3 aromatic carbocycles. The molecule has 5 nitrogen and oxygen atoms in total. The number of hydrogen-bond donors (Lipinski definition) is 3. The molecule has 0 unspecified atom stereocenters. The van der Waals surface area contributed by atoms with Gasteiger partial charge in [-0.3, -0.25) is 4.79 Å². The van der Waals surface area contributed by atoms with Crippen molar-refractivity contribution < 1.29 is 24.5 Å². The lowest BCUT2D eigenvalue weighted by molar-refractivity contribution is -0.117. The van der Waals surface area contributed by atoms with E-state index in [-0.39, 0.29) is 35.2 Å². The van der Waals surface area contributed by atoms with E-state index in [0.717, 1.165) is 5.69 Å². The monoisotopic (exact) mass is 435 g/mol. The average molecular weight is 435 g/mol. The molecule has 0 aromatic heterocycles. The Balaban J connectivity index is 1.54. The first-order chi connectivity index (χ1) is 15.4. The van der Waals surface area contributed by atoms with Crippen LogP contribution in [0, 0.1) is 11.7 Å². The topological polar surface area (TPSA) is 81.0 Å². The number of nitrogens with zero attached hydrogens (tertiary/aromatic N) is 1. The fourth-order valence-corrected chi connectivity index (χ4v) is 4.55. The Morgan fingerprint density at radius 3 is 2.41 bits per heavy atom. The summed E-state index contributed by atoms with van der Waals surface area (Å²) in [6.45, 7) is 0. The first-order valence-corrected chi connectivity index (χ1v) is 10.8. The normalized spacial score (nSPS) is 19.3. The Bertz CT molecular complexity index is 1070. The van der Waals surface area contributed by atoms with E-state index >= 15 is 0 Å². The standard InChI is InChI=1S/C26H26FNO4/c27-19-11-9-17(10-12-19)23(30)8-4-5-18-15-25(32)28(20-6-2-1-3-7-20)26(18)22-14-13-21(29)16-24(22)31/h1-3,6-7,9-14,16,18,23,26,29-31H,4-5,8,15H2/t18-,23-,26+/m1/s1. The van der Waals surface area contributed by atoms with Crippen LogP contribution < -0.4 is 4.90 Å². The summed E-state index contributed by atoms with van der Waals surface area (Å²) in [5.74, 6) is -0.540. The lowest BCUT2D eigenvalue weighted by Crippen LogP contribution is -2.28. The van der Waals surface area contributed by atoms with Crippen molar-refractivity contribution >= 4 is 11.6 Å². The molecule has 0 aliphatic carbocycles. The van der Waals surface area contributed by atoms with Crippen LogP contribution in [0.1, 0.15) is 49.0 Å². The maximum absolute atomic E-state index is 13.1. The number of hydrogen-bond acceptors (Lipinski definition) is 4. The lowest BCUT2D eigenvalue weighted by atomic mass is 9.88. The highest BCUT2D eigenvalue weighted by Crippen LogP contribution is 2.46. The van der Waals surface area contributed by atoms with E-state index in [1.807, 2.05) is 30.3 Å².